The first-order valence-corrected chi connectivity index (χ1v) is 15.6. The van der Waals surface area contributed by atoms with Gasteiger partial charge in [0.25, 0.3) is 5.92 Å². The average molecular weight is 617 g/mol. The average Bonchev–Trinajstić information content (AvgIpc) is 3.40. The second-order valence-electron chi connectivity index (χ2n) is 12.0. The number of alkyl halides is 2. The summed E-state index contributed by atoms with van der Waals surface area (Å²) < 4.78 is 38.9. The molecule has 1 aliphatic carbocycles. The van der Waals surface area contributed by atoms with Gasteiger partial charge in [0.15, 0.2) is 0 Å². The van der Waals surface area contributed by atoms with Crippen LogP contribution < -0.4 is 14.5 Å². The molecule has 1 amide bonds. The summed E-state index contributed by atoms with van der Waals surface area (Å²) >= 11 is 0. The molecule has 1 saturated heterocycles. The Morgan fingerprint density at radius 3 is 2.73 bits per heavy atom. The summed E-state index contributed by atoms with van der Waals surface area (Å²) in [6.45, 7) is 8.78. The van der Waals surface area contributed by atoms with Crippen molar-refractivity contribution in [2.75, 3.05) is 49.2 Å². The summed E-state index contributed by atoms with van der Waals surface area (Å²) in [6.07, 6.45) is 1.63. The molecule has 9 nitrogen and oxygen atoms in total. The molecule has 11 heteroatoms. The van der Waals surface area contributed by atoms with Crippen molar-refractivity contribution in [3.05, 3.63) is 65.9 Å². The molecule has 236 valence electrons. The molecule has 2 aliphatic heterocycles. The zero-order valence-electron chi connectivity index (χ0n) is 25.6. The Hall–Kier alpha value is -4.30. The second kappa shape index (κ2) is 13.0. The molecule has 0 N–H and O–H groups in total. The number of halogens is 2. The number of hydrogen-bond donors (Lipinski definition) is 0. The Labute approximate surface area is 262 Å². The minimum absolute atomic E-state index is 0.130. The van der Waals surface area contributed by atoms with Gasteiger partial charge >= 0.3 is 6.01 Å². The number of benzene rings is 2. The van der Waals surface area contributed by atoms with Crippen LogP contribution in [-0.4, -0.2) is 78.2 Å². The first-order valence-electron chi connectivity index (χ1n) is 15.6. The predicted octanol–water partition coefficient (Wildman–Crippen LogP) is 5.20. The molecule has 3 heterocycles. The molecule has 3 aromatic rings. The Balaban J connectivity index is 1.27. The highest BCUT2D eigenvalue weighted by Crippen LogP contribution is 2.37. The smallest absolute Gasteiger partial charge is 0.318 e. The summed E-state index contributed by atoms with van der Waals surface area (Å²) in [4.78, 5) is 28.4. The van der Waals surface area contributed by atoms with Gasteiger partial charge in [0, 0.05) is 55.7 Å². The number of amides is 1. The Morgan fingerprint density at radius 2 is 1.98 bits per heavy atom. The molecule has 45 heavy (non-hydrogen) atoms. The fourth-order valence-corrected chi connectivity index (χ4v) is 6.82. The van der Waals surface area contributed by atoms with Gasteiger partial charge in [0.2, 0.25) is 5.91 Å². The number of carbonyl (C=O) groups excluding carboxylic acids is 1. The molecular formula is C34H38F2N6O3. The molecule has 1 unspecified atom stereocenters. The van der Waals surface area contributed by atoms with Crippen molar-refractivity contribution in [3.8, 4) is 12.1 Å². The summed E-state index contributed by atoms with van der Waals surface area (Å²) in [5, 5.41) is 11.9. The molecule has 2 atom stereocenters. The fourth-order valence-electron chi connectivity index (χ4n) is 6.82. The summed E-state index contributed by atoms with van der Waals surface area (Å²) in [5.74, 6) is -2.11. The first kappa shape index (κ1) is 30.7. The Morgan fingerprint density at radius 1 is 1.16 bits per heavy atom. The maximum Gasteiger partial charge on any atom is 0.318 e. The van der Waals surface area contributed by atoms with Crippen LogP contribution in [-0.2, 0) is 22.5 Å². The Bertz CT molecular complexity index is 1620. The summed E-state index contributed by atoms with van der Waals surface area (Å²) in [7, 11) is 0. The van der Waals surface area contributed by atoms with Crippen molar-refractivity contribution in [1.29, 1.82) is 5.26 Å². The molecule has 2 fully saturated rings. The number of aromatic nitrogens is 2. The van der Waals surface area contributed by atoms with E-state index in [0.717, 1.165) is 29.3 Å². The molecule has 0 radical (unpaired) electrons. The van der Waals surface area contributed by atoms with Crippen LogP contribution in [0, 0.1) is 18.3 Å². The van der Waals surface area contributed by atoms with Gasteiger partial charge in [0.1, 0.15) is 12.4 Å². The third kappa shape index (κ3) is 6.57. The number of rotatable bonds is 9. The zero-order valence-corrected chi connectivity index (χ0v) is 25.6. The van der Waals surface area contributed by atoms with Crippen LogP contribution >= 0.6 is 0 Å². The quantitative estimate of drug-likeness (QED) is 0.239. The lowest BCUT2D eigenvalue weighted by molar-refractivity contribution is -0.128. The van der Waals surface area contributed by atoms with Crippen molar-refractivity contribution in [3.63, 3.8) is 0 Å². The number of piperazine rings is 1. The number of hydrogen-bond acceptors (Lipinski definition) is 8. The minimum Gasteiger partial charge on any atom is -0.461 e. The van der Waals surface area contributed by atoms with Gasteiger partial charge in [-0.25, -0.2) is 8.78 Å². The maximum atomic E-state index is 13.6. The number of carbonyl (C=O) groups is 1. The Kier molecular flexibility index (Phi) is 8.85. The predicted molar refractivity (Wildman–Crippen MR) is 168 cm³/mol. The van der Waals surface area contributed by atoms with Crippen molar-refractivity contribution in [2.45, 2.75) is 63.6 Å². The van der Waals surface area contributed by atoms with Crippen LogP contribution in [0.1, 0.15) is 42.5 Å². The third-order valence-corrected chi connectivity index (χ3v) is 9.05. The number of ether oxygens (including phenoxy) is 2. The van der Waals surface area contributed by atoms with Crippen LogP contribution in [0.2, 0.25) is 0 Å². The van der Waals surface area contributed by atoms with E-state index < -0.39 is 12.0 Å². The standard InChI is InChI=1S/C34H38F2N6O3/c1-3-30(43)42-17-16-41(21-25(42)11-14-37)32-27-12-15-40(29-9-5-8-24-7-4-6-23(2)31(24)29)22-28(27)38-33(39-32)45-19-18-44-26-10-13-34(35,36)20-26/h3-9,25-26H,1,10-13,15-22H2,2H3/t25-,26?/m0/s1. The van der Waals surface area contributed by atoms with Gasteiger partial charge in [0.05, 0.1) is 43.5 Å². The topological polar surface area (TPSA) is 94.8 Å². The van der Waals surface area contributed by atoms with Gasteiger partial charge in [-0.1, -0.05) is 36.9 Å². The lowest BCUT2D eigenvalue weighted by atomic mass is 9.99. The van der Waals surface area contributed by atoms with E-state index >= 15 is 0 Å². The zero-order chi connectivity index (χ0) is 31.6. The lowest BCUT2D eigenvalue weighted by Gasteiger charge is -2.42. The van der Waals surface area contributed by atoms with Crippen LogP contribution in [0.3, 0.4) is 0 Å². The van der Waals surface area contributed by atoms with Gasteiger partial charge in [-0.15, -0.1) is 0 Å². The molecule has 3 aliphatic rings. The largest absolute Gasteiger partial charge is 0.461 e. The van der Waals surface area contributed by atoms with Gasteiger partial charge in [-0.05, 0) is 42.9 Å². The van der Waals surface area contributed by atoms with Gasteiger partial charge in [-0.3, -0.25) is 4.79 Å². The van der Waals surface area contributed by atoms with E-state index in [0.29, 0.717) is 39.0 Å². The van der Waals surface area contributed by atoms with Crippen LogP contribution in [0.15, 0.2) is 49.1 Å². The lowest BCUT2D eigenvalue weighted by Crippen LogP contribution is -2.55. The molecule has 6 rings (SSSR count). The van der Waals surface area contributed by atoms with E-state index in [-0.39, 0.29) is 50.4 Å². The molecule has 1 aromatic heterocycles. The molecule has 0 spiro atoms. The molecule has 1 saturated carbocycles. The van der Waals surface area contributed by atoms with Gasteiger partial charge in [-0.2, -0.15) is 15.2 Å². The van der Waals surface area contributed by atoms with Crippen LogP contribution in [0.25, 0.3) is 10.8 Å². The number of nitriles is 1. The van der Waals surface area contributed by atoms with E-state index in [1.54, 1.807) is 4.90 Å². The highest BCUT2D eigenvalue weighted by molar-refractivity contribution is 5.97. The highest BCUT2D eigenvalue weighted by atomic mass is 19.3. The van der Waals surface area contributed by atoms with Crippen LogP contribution in [0.4, 0.5) is 20.3 Å². The number of fused-ring (bicyclic) bond motifs is 2. The first-order chi connectivity index (χ1) is 21.8. The van der Waals surface area contributed by atoms with E-state index in [1.807, 2.05) is 0 Å². The number of aryl methyl sites for hydroxylation is 1. The summed E-state index contributed by atoms with van der Waals surface area (Å²) in [6, 6.07) is 14.8. The third-order valence-electron chi connectivity index (χ3n) is 9.05. The number of nitrogens with zero attached hydrogens (tertiary/aromatic N) is 6. The van der Waals surface area contributed by atoms with E-state index in [9.17, 15) is 18.8 Å². The molecule has 0 bridgehead atoms. The normalized spacial score (nSPS) is 21.0. The van der Waals surface area contributed by atoms with Crippen molar-refractivity contribution in [1.82, 2.24) is 14.9 Å². The molecular weight excluding hydrogens is 578 g/mol. The van der Waals surface area contributed by atoms with E-state index in [2.05, 4.69) is 65.8 Å². The van der Waals surface area contributed by atoms with Crippen molar-refractivity contribution >= 4 is 28.2 Å². The van der Waals surface area contributed by atoms with Gasteiger partial charge < -0.3 is 24.2 Å². The van der Waals surface area contributed by atoms with Crippen molar-refractivity contribution in [2.24, 2.45) is 0 Å². The van der Waals surface area contributed by atoms with E-state index in [4.69, 9.17) is 19.4 Å². The summed E-state index contributed by atoms with van der Waals surface area (Å²) in [5.41, 5.74) is 4.23. The maximum absolute atomic E-state index is 13.6. The highest BCUT2D eigenvalue weighted by Gasteiger charge is 2.40. The SMILES string of the molecule is C=CC(=O)N1CCN(c2nc(OCCOC3CCC(F)(F)C3)nc3c2CCN(c2cccc4cccc(C)c24)C3)C[C@@H]1CC#N. The monoisotopic (exact) mass is 616 g/mol. The second-order valence-corrected chi connectivity index (χ2v) is 12.0. The number of anilines is 2. The van der Waals surface area contributed by atoms with Crippen molar-refractivity contribution < 1.29 is 23.0 Å². The van der Waals surface area contributed by atoms with Crippen LogP contribution in [0.5, 0.6) is 6.01 Å². The fraction of sp³-hybridized carbons (Fsp3) is 0.471. The minimum atomic E-state index is -2.67. The van der Waals surface area contributed by atoms with E-state index in [1.165, 1.54) is 22.4 Å². The molecule has 2 aromatic carbocycles.